The van der Waals surface area contributed by atoms with Gasteiger partial charge in [-0.2, -0.15) is 26.3 Å². The van der Waals surface area contributed by atoms with Crippen LogP contribution in [0.1, 0.15) is 36.4 Å². The number of hydrogen-bond acceptors (Lipinski definition) is 1. The number of nitrogens with two attached hydrogens (primary N) is 1. The smallest absolute Gasteiger partial charge is 0.324 e. The van der Waals surface area contributed by atoms with Crippen LogP contribution in [0.15, 0.2) is 22.7 Å². The van der Waals surface area contributed by atoms with Crippen molar-refractivity contribution >= 4 is 15.9 Å². The Hall–Kier alpha value is -0.760. The second-order valence-electron chi connectivity index (χ2n) is 4.35. The molecule has 1 atom stereocenters. The van der Waals surface area contributed by atoms with Gasteiger partial charge in [-0.3, -0.25) is 0 Å². The summed E-state index contributed by atoms with van der Waals surface area (Å²) in [6, 6.07) is 2.58. The monoisotopic (exact) mass is 363 g/mol. The van der Waals surface area contributed by atoms with Crippen molar-refractivity contribution in [2.45, 2.75) is 37.7 Å². The fourth-order valence-electron chi connectivity index (χ4n) is 1.68. The summed E-state index contributed by atoms with van der Waals surface area (Å²) in [5.41, 5.74) is 4.92. The van der Waals surface area contributed by atoms with Crippen molar-refractivity contribution in [2.75, 3.05) is 0 Å². The first-order valence-corrected chi connectivity index (χ1v) is 6.49. The van der Waals surface area contributed by atoms with Crippen LogP contribution in [0.4, 0.5) is 26.3 Å². The zero-order valence-electron chi connectivity index (χ0n) is 10.2. The van der Waals surface area contributed by atoms with Gasteiger partial charge in [0.05, 0.1) is 5.56 Å². The van der Waals surface area contributed by atoms with Crippen molar-refractivity contribution in [1.29, 1.82) is 0 Å². The third-order valence-electron chi connectivity index (χ3n) is 2.70. The fraction of sp³-hybridized carbons (Fsp3) is 0.500. The quantitative estimate of drug-likeness (QED) is 0.731. The van der Waals surface area contributed by atoms with E-state index in [1.807, 2.05) is 0 Å². The maximum atomic E-state index is 12.7. The minimum atomic E-state index is -4.54. The lowest BCUT2D eigenvalue weighted by Crippen LogP contribution is -2.14. The maximum absolute atomic E-state index is 12.7. The molecule has 0 radical (unpaired) electrons. The van der Waals surface area contributed by atoms with Gasteiger partial charge in [-0.25, -0.2) is 0 Å². The Morgan fingerprint density at radius 3 is 2.20 bits per heavy atom. The Balaban J connectivity index is 2.77. The van der Waals surface area contributed by atoms with E-state index in [9.17, 15) is 26.3 Å². The zero-order chi connectivity index (χ0) is 15.6. The highest BCUT2D eigenvalue weighted by molar-refractivity contribution is 9.10. The summed E-state index contributed by atoms with van der Waals surface area (Å²) < 4.78 is 73.9. The molecule has 1 aromatic carbocycles. The molecule has 0 aliphatic carbocycles. The van der Waals surface area contributed by atoms with Crippen LogP contribution >= 0.6 is 15.9 Å². The van der Waals surface area contributed by atoms with Gasteiger partial charge in [0.15, 0.2) is 0 Å². The van der Waals surface area contributed by atoms with Crippen LogP contribution in [0.5, 0.6) is 0 Å². The molecule has 0 aliphatic rings. The minimum Gasteiger partial charge on any atom is -0.324 e. The lowest BCUT2D eigenvalue weighted by molar-refractivity contribution is -0.138. The van der Waals surface area contributed by atoms with Crippen LogP contribution in [0, 0.1) is 0 Å². The zero-order valence-corrected chi connectivity index (χ0v) is 11.7. The molecule has 0 fully saturated rings. The van der Waals surface area contributed by atoms with Gasteiger partial charge >= 0.3 is 12.4 Å². The van der Waals surface area contributed by atoms with E-state index in [1.165, 1.54) is 12.1 Å². The Morgan fingerprint density at radius 1 is 1.10 bits per heavy atom. The normalized spacial score (nSPS) is 14.4. The van der Waals surface area contributed by atoms with Gasteiger partial charge in [-0.15, -0.1) is 0 Å². The molecule has 0 spiro atoms. The maximum Gasteiger partial charge on any atom is 0.417 e. The summed E-state index contributed by atoms with van der Waals surface area (Å²) in [4.78, 5) is 0. The van der Waals surface area contributed by atoms with Gasteiger partial charge in [-0.1, -0.05) is 22.0 Å². The van der Waals surface area contributed by atoms with Gasteiger partial charge in [0, 0.05) is 16.9 Å². The number of alkyl halides is 6. The predicted octanol–water partition coefficient (Wildman–Crippen LogP) is 5.20. The molecule has 0 aromatic heterocycles. The van der Waals surface area contributed by atoms with Gasteiger partial charge in [0.2, 0.25) is 0 Å². The molecule has 114 valence electrons. The van der Waals surface area contributed by atoms with Crippen LogP contribution in [0.25, 0.3) is 0 Å². The summed E-state index contributed by atoms with van der Waals surface area (Å²) >= 11 is 2.78. The number of benzene rings is 1. The van der Waals surface area contributed by atoms with Gasteiger partial charge in [0.25, 0.3) is 0 Å². The summed E-state index contributed by atoms with van der Waals surface area (Å²) in [6.45, 7) is 0. The second-order valence-corrected chi connectivity index (χ2v) is 5.21. The van der Waals surface area contributed by atoms with E-state index in [2.05, 4.69) is 15.9 Å². The summed E-state index contributed by atoms with van der Waals surface area (Å²) in [5.74, 6) is 0. The second kappa shape index (κ2) is 6.34. The SMILES string of the molecule is NC(CCCC(F)(F)F)c1ccc(Br)c(C(F)(F)F)c1. The van der Waals surface area contributed by atoms with Crippen molar-refractivity contribution in [3.05, 3.63) is 33.8 Å². The highest BCUT2D eigenvalue weighted by Crippen LogP contribution is 2.36. The molecule has 2 N–H and O–H groups in total. The Kier molecular flexibility index (Phi) is 5.48. The van der Waals surface area contributed by atoms with Crippen molar-refractivity contribution in [3.8, 4) is 0 Å². The fourth-order valence-corrected chi connectivity index (χ4v) is 2.15. The van der Waals surface area contributed by atoms with Crippen molar-refractivity contribution in [2.24, 2.45) is 5.73 Å². The molecule has 20 heavy (non-hydrogen) atoms. The van der Waals surface area contributed by atoms with Gasteiger partial charge in [-0.05, 0) is 30.5 Å². The molecular weight excluding hydrogens is 352 g/mol. The highest BCUT2D eigenvalue weighted by atomic mass is 79.9. The molecule has 1 aromatic rings. The van der Waals surface area contributed by atoms with E-state index in [-0.39, 0.29) is 22.9 Å². The molecule has 0 amide bonds. The van der Waals surface area contributed by atoms with Gasteiger partial charge in [0.1, 0.15) is 0 Å². The first-order chi connectivity index (χ1) is 9.00. The molecule has 1 unspecified atom stereocenters. The van der Waals surface area contributed by atoms with Crippen molar-refractivity contribution < 1.29 is 26.3 Å². The topological polar surface area (TPSA) is 26.0 Å². The number of rotatable bonds is 4. The summed E-state index contributed by atoms with van der Waals surface area (Å²) in [5, 5.41) is 0. The molecule has 0 saturated carbocycles. The molecule has 0 aliphatic heterocycles. The number of halogens is 7. The molecule has 0 heterocycles. The van der Waals surface area contributed by atoms with Crippen LogP contribution in [0.2, 0.25) is 0 Å². The standard InChI is InChI=1S/C12H12BrF6N/c13-9-4-3-7(6-8(9)12(17,18)19)10(20)2-1-5-11(14,15)16/h3-4,6,10H,1-2,5,20H2. The lowest BCUT2D eigenvalue weighted by Gasteiger charge is -2.16. The van der Waals surface area contributed by atoms with E-state index in [0.717, 1.165) is 6.07 Å². The average molecular weight is 364 g/mol. The van der Waals surface area contributed by atoms with Crippen LogP contribution in [-0.2, 0) is 6.18 Å². The molecule has 1 nitrogen and oxygen atoms in total. The van der Waals surface area contributed by atoms with Crippen molar-refractivity contribution in [3.63, 3.8) is 0 Å². The molecule has 0 saturated heterocycles. The van der Waals surface area contributed by atoms with Crippen LogP contribution in [-0.4, -0.2) is 6.18 Å². The minimum absolute atomic E-state index is 0.0293. The molecular formula is C12H12BrF6N. The first-order valence-electron chi connectivity index (χ1n) is 5.69. The van der Waals surface area contributed by atoms with E-state index in [0.29, 0.717) is 0 Å². The first kappa shape index (κ1) is 17.3. The van der Waals surface area contributed by atoms with E-state index >= 15 is 0 Å². The lowest BCUT2D eigenvalue weighted by atomic mass is 9.99. The third kappa shape index (κ3) is 5.32. The van der Waals surface area contributed by atoms with Gasteiger partial charge < -0.3 is 5.73 Å². The van der Waals surface area contributed by atoms with Crippen molar-refractivity contribution in [1.82, 2.24) is 0 Å². The Labute approximate surface area is 120 Å². The van der Waals surface area contributed by atoms with E-state index in [4.69, 9.17) is 5.73 Å². The molecule has 1 rings (SSSR count). The van der Waals surface area contributed by atoms with E-state index < -0.39 is 30.4 Å². The largest absolute Gasteiger partial charge is 0.417 e. The summed E-state index contributed by atoms with van der Waals surface area (Å²) in [7, 11) is 0. The van der Waals surface area contributed by atoms with Crippen LogP contribution in [0.3, 0.4) is 0 Å². The van der Waals surface area contributed by atoms with E-state index in [1.54, 1.807) is 0 Å². The Morgan fingerprint density at radius 2 is 1.70 bits per heavy atom. The molecule has 8 heteroatoms. The number of hydrogen-bond donors (Lipinski definition) is 1. The third-order valence-corrected chi connectivity index (χ3v) is 3.39. The van der Waals surface area contributed by atoms with Crippen LogP contribution < -0.4 is 5.73 Å². The summed E-state index contributed by atoms with van der Waals surface area (Å²) in [6.07, 6.45) is -10.1. The highest BCUT2D eigenvalue weighted by Gasteiger charge is 2.33. The predicted molar refractivity (Wildman–Crippen MR) is 66.0 cm³/mol. The Bertz CT molecular complexity index is 454. The average Bonchev–Trinajstić information content (AvgIpc) is 2.26. The molecule has 0 bridgehead atoms.